The SMILES string of the molecule is Cc1cc(C(C)Nc2ccccc2C(=O)O)c2oc(-c3cnc4c(c3)OCCO4)cc(=O)c2c1. The van der Waals surface area contributed by atoms with Crippen LogP contribution in [0.3, 0.4) is 0 Å². The Morgan fingerprint density at radius 3 is 2.74 bits per heavy atom. The van der Waals surface area contributed by atoms with Crippen LogP contribution in [0, 0.1) is 6.92 Å². The maximum atomic E-state index is 13.1. The van der Waals surface area contributed by atoms with Gasteiger partial charge in [-0.15, -0.1) is 0 Å². The quantitative estimate of drug-likeness (QED) is 0.439. The van der Waals surface area contributed by atoms with E-state index in [2.05, 4.69) is 10.3 Å². The monoisotopic (exact) mass is 458 g/mol. The lowest BCUT2D eigenvalue weighted by atomic mass is 10.00. The molecule has 1 aliphatic heterocycles. The molecule has 1 atom stereocenters. The van der Waals surface area contributed by atoms with Crippen LogP contribution < -0.4 is 20.2 Å². The topological polar surface area (TPSA) is 111 Å². The Kier molecular flexibility index (Phi) is 5.41. The van der Waals surface area contributed by atoms with E-state index >= 15 is 0 Å². The molecular formula is C26H22N2O6. The molecule has 2 aromatic carbocycles. The fraction of sp³-hybridized carbons (Fsp3) is 0.192. The van der Waals surface area contributed by atoms with Crippen molar-refractivity contribution in [3.63, 3.8) is 0 Å². The molecule has 0 fully saturated rings. The molecule has 0 saturated carbocycles. The van der Waals surface area contributed by atoms with Crippen LogP contribution in [0.2, 0.25) is 0 Å². The molecule has 1 aliphatic rings. The van der Waals surface area contributed by atoms with Gasteiger partial charge in [0.15, 0.2) is 11.2 Å². The fourth-order valence-corrected chi connectivity index (χ4v) is 4.07. The van der Waals surface area contributed by atoms with E-state index in [-0.39, 0.29) is 17.0 Å². The highest BCUT2D eigenvalue weighted by molar-refractivity contribution is 5.94. The van der Waals surface area contributed by atoms with Crippen LogP contribution in [0.1, 0.15) is 34.5 Å². The molecule has 2 aromatic heterocycles. The standard InChI is InChI=1S/C26H22N2O6/c1-14-9-18(15(2)28-20-6-4-3-5-17(20)26(30)31)24-19(10-14)21(29)12-22(34-24)16-11-23-25(27-13-16)33-8-7-32-23/h3-6,9-13,15,28H,7-8H2,1-2H3,(H,30,31). The number of aryl methyl sites for hydroxylation is 1. The molecule has 0 aliphatic carbocycles. The predicted octanol–water partition coefficient (Wildman–Crippen LogP) is 4.81. The number of fused-ring (bicyclic) bond motifs is 2. The van der Waals surface area contributed by atoms with Crippen LogP contribution in [0.25, 0.3) is 22.3 Å². The molecule has 0 bridgehead atoms. The van der Waals surface area contributed by atoms with Crippen LogP contribution in [-0.4, -0.2) is 29.3 Å². The van der Waals surface area contributed by atoms with Gasteiger partial charge in [0.1, 0.15) is 24.6 Å². The number of aromatic carboxylic acids is 1. The Hall–Kier alpha value is -4.33. The molecule has 172 valence electrons. The van der Waals surface area contributed by atoms with Gasteiger partial charge in [-0.1, -0.05) is 18.2 Å². The summed E-state index contributed by atoms with van der Waals surface area (Å²) in [5, 5.41) is 13.2. The number of anilines is 1. The number of carbonyl (C=O) groups is 1. The van der Waals surface area contributed by atoms with Crippen molar-refractivity contribution in [3.05, 3.63) is 81.6 Å². The molecule has 3 heterocycles. The van der Waals surface area contributed by atoms with Crippen molar-refractivity contribution in [1.29, 1.82) is 0 Å². The van der Waals surface area contributed by atoms with Crippen molar-refractivity contribution < 1.29 is 23.8 Å². The third-order valence-corrected chi connectivity index (χ3v) is 5.68. The van der Waals surface area contributed by atoms with Crippen LogP contribution in [0.4, 0.5) is 5.69 Å². The number of hydrogen-bond donors (Lipinski definition) is 2. The second kappa shape index (κ2) is 8.55. The molecular weight excluding hydrogens is 436 g/mol. The third kappa shape index (κ3) is 3.94. The maximum absolute atomic E-state index is 13.1. The first kappa shape index (κ1) is 21.5. The molecule has 8 nitrogen and oxygen atoms in total. The van der Waals surface area contributed by atoms with Gasteiger partial charge >= 0.3 is 5.97 Å². The summed E-state index contributed by atoms with van der Waals surface area (Å²) in [5.41, 5.74) is 3.10. The highest BCUT2D eigenvalue weighted by Gasteiger charge is 2.20. The molecule has 4 aromatic rings. The van der Waals surface area contributed by atoms with E-state index in [1.807, 2.05) is 19.9 Å². The van der Waals surface area contributed by atoms with Gasteiger partial charge < -0.3 is 24.3 Å². The predicted molar refractivity (Wildman–Crippen MR) is 127 cm³/mol. The second-order valence-corrected chi connectivity index (χ2v) is 8.15. The zero-order chi connectivity index (χ0) is 23.8. The van der Waals surface area contributed by atoms with Gasteiger partial charge in [-0.05, 0) is 43.7 Å². The number of carboxylic acid groups (broad SMARTS) is 1. The number of carboxylic acids is 1. The van der Waals surface area contributed by atoms with Gasteiger partial charge in [0, 0.05) is 29.1 Å². The van der Waals surface area contributed by atoms with Crippen molar-refractivity contribution in [1.82, 2.24) is 4.98 Å². The molecule has 1 unspecified atom stereocenters. The summed E-state index contributed by atoms with van der Waals surface area (Å²) in [6.45, 7) is 4.65. The molecule has 2 N–H and O–H groups in total. The summed E-state index contributed by atoms with van der Waals surface area (Å²) in [7, 11) is 0. The summed E-state index contributed by atoms with van der Waals surface area (Å²) in [6, 6.07) is 13.2. The number of ether oxygens (including phenoxy) is 2. The first-order valence-electron chi connectivity index (χ1n) is 10.8. The summed E-state index contributed by atoms with van der Waals surface area (Å²) in [5.74, 6) is 0.231. The average Bonchev–Trinajstić information content (AvgIpc) is 2.83. The molecule has 5 rings (SSSR count). The molecule has 0 saturated heterocycles. The van der Waals surface area contributed by atoms with Crippen LogP contribution in [0.5, 0.6) is 11.6 Å². The third-order valence-electron chi connectivity index (χ3n) is 5.68. The summed E-state index contributed by atoms with van der Waals surface area (Å²) in [4.78, 5) is 29.0. The molecule has 0 amide bonds. The number of rotatable bonds is 5. The van der Waals surface area contributed by atoms with Gasteiger partial charge in [-0.2, -0.15) is 0 Å². The molecule has 0 spiro atoms. The van der Waals surface area contributed by atoms with Crippen LogP contribution in [0.15, 0.2) is 63.9 Å². The van der Waals surface area contributed by atoms with Crippen molar-refractivity contribution in [3.8, 4) is 23.0 Å². The lowest BCUT2D eigenvalue weighted by molar-refractivity contribution is 0.0698. The average molecular weight is 458 g/mol. The van der Waals surface area contributed by atoms with Crippen molar-refractivity contribution >= 4 is 22.6 Å². The van der Waals surface area contributed by atoms with E-state index in [9.17, 15) is 14.7 Å². The van der Waals surface area contributed by atoms with E-state index in [1.54, 1.807) is 42.6 Å². The van der Waals surface area contributed by atoms with E-state index in [0.717, 1.165) is 11.1 Å². The number of nitrogens with one attached hydrogen (secondary N) is 1. The Labute approximate surface area is 194 Å². The number of pyridine rings is 1. The minimum absolute atomic E-state index is 0.163. The largest absolute Gasteiger partial charge is 0.484 e. The minimum Gasteiger partial charge on any atom is -0.484 e. The first-order valence-corrected chi connectivity index (χ1v) is 10.8. The van der Waals surface area contributed by atoms with Gasteiger partial charge in [0.2, 0.25) is 0 Å². The smallest absolute Gasteiger partial charge is 0.337 e. The number of hydrogen-bond acceptors (Lipinski definition) is 7. The number of nitrogens with zero attached hydrogens (tertiary/aromatic N) is 1. The number of aromatic nitrogens is 1. The highest BCUT2D eigenvalue weighted by atomic mass is 16.6. The van der Waals surface area contributed by atoms with E-state index in [1.165, 1.54) is 6.07 Å². The maximum Gasteiger partial charge on any atom is 0.337 e. The normalized spacial score (nSPS) is 13.5. The number of para-hydroxylation sites is 1. The summed E-state index contributed by atoms with van der Waals surface area (Å²) >= 11 is 0. The van der Waals surface area contributed by atoms with Gasteiger partial charge in [-0.25, -0.2) is 9.78 Å². The Bertz CT molecular complexity index is 1480. The lowest BCUT2D eigenvalue weighted by Crippen LogP contribution is -2.16. The Morgan fingerprint density at radius 1 is 1.12 bits per heavy atom. The van der Waals surface area contributed by atoms with Crippen molar-refractivity contribution in [2.45, 2.75) is 19.9 Å². The second-order valence-electron chi connectivity index (χ2n) is 8.15. The number of benzene rings is 2. The van der Waals surface area contributed by atoms with Crippen molar-refractivity contribution in [2.24, 2.45) is 0 Å². The van der Waals surface area contributed by atoms with Gasteiger partial charge in [0.25, 0.3) is 5.88 Å². The minimum atomic E-state index is -1.02. The molecule has 0 radical (unpaired) electrons. The Balaban J connectivity index is 1.61. The molecule has 34 heavy (non-hydrogen) atoms. The summed E-state index contributed by atoms with van der Waals surface area (Å²) < 4.78 is 17.3. The van der Waals surface area contributed by atoms with Crippen molar-refractivity contribution in [2.75, 3.05) is 18.5 Å². The zero-order valence-electron chi connectivity index (χ0n) is 18.6. The van der Waals surface area contributed by atoms with Crippen LogP contribution in [-0.2, 0) is 0 Å². The lowest BCUT2D eigenvalue weighted by Gasteiger charge is -2.20. The van der Waals surface area contributed by atoms with Gasteiger partial charge in [-0.3, -0.25) is 4.79 Å². The highest BCUT2D eigenvalue weighted by Crippen LogP contribution is 2.34. The van der Waals surface area contributed by atoms with Gasteiger partial charge in [0.05, 0.1) is 17.0 Å². The molecule has 8 heteroatoms. The Morgan fingerprint density at radius 2 is 1.91 bits per heavy atom. The zero-order valence-corrected chi connectivity index (χ0v) is 18.6. The van der Waals surface area contributed by atoms with E-state index in [0.29, 0.717) is 52.8 Å². The first-order chi connectivity index (χ1) is 16.4. The summed E-state index contributed by atoms with van der Waals surface area (Å²) in [6.07, 6.45) is 1.58. The van der Waals surface area contributed by atoms with E-state index in [4.69, 9.17) is 13.9 Å². The van der Waals surface area contributed by atoms with E-state index < -0.39 is 5.97 Å². The van der Waals surface area contributed by atoms with Crippen LogP contribution >= 0.6 is 0 Å². The fourth-order valence-electron chi connectivity index (χ4n) is 4.07.